The number of nitro groups is 1. The minimum Gasteiger partial charge on any atom is -0.342 e. The van der Waals surface area contributed by atoms with E-state index < -0.39 is 4.92 Å². The van der Waals surface area contributed by atoms with E-state index in [-0.39, 0.29) is 24.1 Å². The van der Waals surface area contributed by atoms with Crippen molar-refractivity contribution in [1.29, 1.82) is 0 Å². The molecule has 1 heterocycles. The zero-order chi connectivity index (χ0) is 15.4. The summed E-state index contributed by atoms with van der Waals surface area (Å²) in [6.45, 7) is 1.87. The lowest BCUT2D eigenvalue weighted by Gasteiger charge is -2.31. The number of nitro benzene ring substituents is 1. The van der Waals surface area contributed by atoms with E-state index >= 15 is 0 Å². The third-order valence-corrected chi connectivity index (χ3v) is 4.58. The van der Waals surface area contributed by atoms with E-state index in [0.29, 0.717) is 4.47 Å². The van der Waals surface area contributed by atoms with Crippen LogP contribution in [0.1, 0.15) is 18.4 Å². The Bertz CT molecular complexity index is 544. The molecule has 6 nitrogen and oxygen atoms in total. The molecule has 0 saturated carbocycles. The van der Waals surface area contributed by atoms with Gasteiger partial charge in [-0.15, -0.1) is 0 Å². The lowest BCUT2D eigenvalue weighted by atomic mass is 10.0. The number of likely N-dealkylation sites (N-methyl/N-ethyl adjacent to an activating group) is 1. The molecule has 114 valence electrons. The van der Waals surface area contributed by atoms with Crippen molar-refractivity contribution in [1.82, 2.24) is 10.2 Å². The van der Waals surface area contributed by atoms with Gasteiger partial charge in [-0.25, -0.2) is 0 Å². The van der Waals surface area contributed by atoms with Gasteiger partial charge in [0.15, 0.2) is 0 Å². The molecule has 21 heavy (non-hydrogen) atoms. The Kier molecular flexibility index (Phi) is 5.30. The maximum absolute atomic E-state index is 12.3. The Balaban J connectivity index is 2.03. The number of hydrogen-bond donors (Lipinski definition) is 1. The first-order chi connectivity index (χ1) is 9.99. The summed E-state index contributed by atoms with van der Waals surface area (Å²) < 4.78 is 0.601. The standard InChI is InChI=1S/C14H18BrN3O3/c1-17(11-4-6-16-7-5-11)14(19)8-10-2-3-12(18(20)21)9-13(10)15/h2-3,9,11,16H,4-8H2,1H3. The first-order valence-corrected chi connectivity index (χ1v) is 7.67. The van der Waals surface area contributed by atoms with Crippen LogP contribution in [0, 0.1) is 10.1 Å². The van der Waals surface area contributed by atoms with Crippen molar-refractivity contribution >= 4 is 27.5 Å². The summed E-state index contributed by atoms with van der Waals surface area (Å²) in [7, 11) is 1.83. The van der Waals surface area contributed by atoms with Gasteiger partial charge >= 0.3 is 0 Å². The second-order valence-electron chi connectivity index (χ2n) is 5.20. The summed E-state index contributed by atoms with van der Waals surface area (Å²) in [5.74, 6) is 0.0384. The van der Waals surface area contributed by atoms with E-state index in [1.165, 1.54) is 12.1 Å². The number of benzene rings is 1. The number of halogens is 1. The molecule has 1 aromatic carbocycles. The summed E-state index contributed by atoms with van der Waals surface area (Å²) in [6.07, 6.45) is 2.17. The number of nitrogens with zero attached hydrogens (tertiary/aromatic N) is 2. The summed E-state index contributed by atoms with van der Waals surface area (Å²) in [5, 5.41) is 14.0. The number of amides is 1. The molecule has 0 aromatic heterocycles. The van der Waals surface area contributed by atoms with E-state index in [0.717, 1.165) is 31.5 Å². The van der Waals surface area contributed by atoms with Crippen molar-refractivity contribution in [3.63, 3.8) is 0 Å². The highest BCUT2D eigenvalue weighted by Gasteiger charge is 2.22. The molecule has 1 amide bonds. The Morgan fingerprint density at radius 3 is 2.71 bits per heavy atom. The third-order valence-electron chi connectivity index (χ3n) is 3.84. The molecule has 1 fully saturated rings. The SMILES string of the molecule is CN(C(=O)Cc1ccc([N+](=O)[O-])cc1Br)C1CCNCC1. The third kappa shape index (κ3) is 4.01. The van der Waals surface area contributed by atoms with Crippen LogP contribution in [0.15, 0.2) is 22.7 Å². The maximum atomic E-state index is 12.3. The van der Waals surface area contributed by atoms with Gasteiger partial charge in [-0.3, -0.25) is 14.9 Å². The van der Waals surface area contributed by atoms with Gasteiger partial charge < -0.3 is 10.2 Å². The quantitative estimate of drug-likeness (QED) is 0.662. The fraction of sp³-hybridized carbons (Fsp3) is 0.500. The molecule has 0 bridgehead atoms. The zero-order valence-corrected chi connectivity index (χ0v) is 13.4. The van der Waals surface area contributed by atoms with Crippen LogP contribution < -0.4 is 5.32 Å². The van der Waals surface area contributed by atoms with Crippen LogP contribution in [0.5, 0.6) is 0 Å². The van der Waals surface area contributed by atoms with E-state index in [4.69, 9.17) is 0 Å². The van der Waals surface area contributed by atoms with Crippen molar-refractivity contribution in [3.05, 3.63) is 38.3 Å². The topological polar surface area (TPSA) is 75.5 Å². The number of non-ortho nitro benzene ring substituents is 1. The molecular weight excluding hydrogens is 338 g/mol. The number of carbonyl (C=O) groups is 1. The lowest BCUT2D eigenvalue weighted by molar-refractivity contribution is -0.384. The highest BCUT2D eigenvalue weighted by molar-refractivity contribution is 9.10. The molecule has 7 heteroatoms. The predicted molar refractivity (Wildman–Crippen MR) is 83.2 cm³/mol. The van der Waals surface area contributed by atoms with Crippen LogP contribution in [0.2, 0.25) is 0 Å². The van der Waals surface area contributed by atoms with Gasteiger partial charge in [0.25, 0.3) is 5.69 Å². The molecule has 2 rings (SSSR count). The highest BCUT2D eigenvalue weighted by Crippen LogP contribution is 2.24. The fourth-order valence-electron chi connectivity index (χ4n) is 2.48. The largest absolute Gasteiger partial charge is 0.342 e. The van der Waals surface area contributed by atoms with E-state index in [1.54, 1.807) is 11.0 Å². The minimum atomic E-state index is -0.447. The molecule has 1 saturated heterocycles. The molecule has 0 spiro atoms. The fourth-order valence-corrected chi connectivity index (χ4v) is 2.99. The molecule has 0 radical (unpaired) electrons. The van der Waals surface area contributed by atoms with Crippen molar-refractivity contribution in [3.8, 4) is 0 Å². The van der Waals surface area contributed by atoms with Gasteiger partial charge in [0.1, 0.15) is 0 Å². The van der Waals surface area contributed by atoms with Crippen LogP contribution in [0.25, 0.3) is 0 Å². The lowest BCUT2D eigenvalue weighted by Crippen LogP contribution is -2.44. The molecule has 1 aliphatic heterocycles. The second-order valence-corrected chi connectivity index (χ2v) is 6.05. The van der Waals surface area contributed by atoms with Gasteiger partial charge in [-0.2, -0.15) is 0 Å². The van der Waals surface area contributed by atoms with Gasteiger partial charge in [0.05, 0.1) is 11.3 Å². The van der Waals surface area contributed by atoms with Crippen LogP contribution in [-0.4, -0.2) is 41.9 Å². The first kappa shape index (κ1) is 15.9. The molecule has 0 atom stereocenters. The molecule has 1 aliphatic rings. The Labute approximate surface area is 131 Å². The molecule has 0 unspecified atom stereocenters. The first-order valence-electron chi connectivity index (χ1n) is 6.88. The number of hydrogen-bond acceptors (Lipinski definition) is 4. The Morgan fingerprint density at radius 2 is 2.14 bits per heavy atom. The van der Waals surface area contributed by atoms with E-state index in [1.807, 2.05) is 7.05 Å². The van der Waals surface area contributed by atoms with Crippen molar-refractivity contribution < 1.29 is 9.72 Å². The van der Waals surface area contributed by atoms with Crippen LogP contribution in [0.3, 0.4) is 0 Å². The van der Waals surface area contributed by atoms with E-state index in [9.17, 15) is 14.9 Å². The molecule has 1 aromatic rings. The number of rotatable bonds is 4. The average molecular weight is 356 g/mol. The van der Waals surface area contributed by atoms with Gasteiger partial charge in [-0.05, 0) is 31.5 Å². The van der Waals surface area contributed by atoms with Gasteiger partial charge in [-0.1, -0.05) is 22.0 Å². The summed E-state index contributed by atoms with van der Waals surface area (Å²) in [6, 6.07) is 4.78. The number of carbonyl (C=O) groups excluding carboxylic acids is 1. The Morgan fingerprint density at radius 1 is 1.48 bits per heavy atom. The molecule has 1 N–H and O–H groups in total. The van der Waals surface area contributed by atoms with Crippen LogP contribution in [0.4, 0.5) is 5.69 Å². The maximum Gasteiger partial charge on any atom is 0.270 e. The average Bonchev–Trinajstić information content (AvgIpc) is 2.49. The van der Waals surface area contributed by atoms with Crippen LogP contribution in [-0.2, 0) is 11.2 Å². The van der Waals surface area contributed by atoms with Crippen LogP contribution >= 0.6 is 15.9 Å². The Hall–Kier alpha value is -1.47. The summed E-state index contributed by atoms with van der Waals surface area (Å²) >= 11 is 3.30. The normalized spacial score (nSPS) is 15.7. The second kappa shape index (κ2) is 7.00. The van der Waals surface area contributed by atoms with Gasteiger partial charge in [0, 0.05) is 29.7 Å². The number of nitrogens with one attached hydrogen (secondary N) is 1. The molecule has 0 aliphatic carbocycles. The van der Waals surface area contributed by atoms with E-state index in [2.05, 4.69) is 21.2 Å². The minimum absolute atomic E-state index is 0.0183. The zero-order valence-electron chi connectivity index (χ0n) is 11.8. The van der Waals surface area contributed by atoms with Crippen molar-refractivity contribution in [2.75, 3.05) is 20.1 Å². The van der Waals surface area contributed by atoms with Gasteiger partial charge in [0.2, 0.25) is 5.91 Å². The monoisotopic (exact) mass is 355 g/mol. The number of piperidine rings is 1. The van der Waals surface area contributed by atoms with Crippen molar-refractivity contribution in [2.45, 2.75) is 25.3 Å². The summed E-state index contributed by atoms with van der Waals surface area (Å²) in [4.78, 5) is 24.4. The smallest absolute Gasteiger partial charge is 0.270 e. The summed E-state index contributed by atoms with van der Waals surface area (Å²) in [5.41, 5.74) is 0.788. The van der Waals surface area contributed by atoms with Crippen molar-refractivity contribution in [2.24, 2.45) is 0 Å². The highest BCUT2D eigenvalue weighted by atomic mass is 79.9. The molecular formula is C14H18BrN3O3. The predicted octanol–water partition coefficient (Wildman–Crippen LogP) is 2.11.